The van der Waals surface area contributed by atoms with Crippen LogP contribution in [0.1, 0.15) is 44.5 Å². The van der Waals surface area contributed by atoms with Crippen LogP contribution in [-0.4, -0.2) is 42.1 Å². The van der Waals surface area contributed by atoms with Gasteiger partial charge in [-0.15, -0.1) is 11.3 Å². The SMILES string of the molecule is CCNC(Cc1nccs1)C1(N(C)C)CCCC(C)C1. The summed E-state index contributed by atoms with van der Waals surface area (Å²) in [6.07, 6.45) is 8.30. The zero-order valence-electron chi connectivity index (χ0n) is 13.4. The number of aromatic nitrogens is 1. The minimum absolute atomic E-state index is 0.277. The van der Waals surface area contributed by atoms with Gasteiger partial charge in [0.2, 0.25) is 0 Å². The van der Waals surface area contributed by atoms with Gasteiger partial charge in [0, 0.05) is 29.6 Å². The molecule has 1 heterocycles. The lowest BCUT2D eigenvalue weighted by atomic mass is 9.70. The molecule has 0 radical (unpaired) electrons. The number of rotatable bonds is 6. The predicted octanol–water partition coefficient (Wildman–Crippen LogP) is 3.17. The van der Waals surface area contributed by atoms with Gasteiger partial charge in [-0.05, 0) is 39.4 Å². The molecular formula is C16H29N3S. The minimum Gasteiger partial charge on any atom is -0.312 e. The Balaban J connectivity index is 2.22. The molecule has 1 aromatic heterocycles. The average Bonchev–Trinajstić information content (AvgIpc) is 2.91. The van der Waals surface area contributed by atoms with Gasteiger partial charge in [-0.3, -0.25) is 0 Å². The normalized spacial score (nSPS) is 28.8. The number of hydrogen-bond donors (Lipinski definition) is 1. The first-order valence-corrected chi connectivity index (χ1v) is 8.75. The quantitative estimate of drug-likeness (QED) is 0.873. The molecule has 1 aliphatic rings. The molecule has 114 valence electrons. The van der Waals surface area contributed by atoms with Crippen molar-refractivity contribution in [1.29, 1.82) is 0 Å². The molecule has 2 rings (SSSR count). The first-order chi connectivity index (χ1) is 9.58. The summed E-state index contributed by atoms with van der Waals surface area (Å²) in [6.45, 7) is 5.65. The maximum Gasteiger partial charge on any atom is 0.0941 e. The molecule has 3 atom stereocenters. The Morgan fingerprint density at radius 3 is 2.90 bits per heavy atom. The molecule has 0 aliphatic heterocycles. The van der Waals surface area contributed by atoms with E-state index in [4.69, 9.17) is 0 Å². The minimum atomic E-state index is 0.277. The fourth-order valence-electron chi connectivity index (χ4n) is 3.83. The Kier molecular flexibility index (Phi) is 5.58. The summed E-state index contributed by atoms with van der Waals surface area (Å²) in [4.78, 5) is 6.98. The summed E-state index contributed by atoms with van der Waals surface area (Å²) in [5, 5.41) is 7.11. The van der Waals surface area contributed by atoms with Crippen molar-refractivity contribution in [2.45, 2.75) is 57.5 Å². The van der Waals surface area contributed by atoms with Crippen LogP contribution in [0.15, 0.2) is 11.6 Å². The topological polar surface area (TPSA) is 28.2 Å². The van der Waals surface area contributed by atoms with E-state index in [0.29, 0.717) is 6.04 Å². The molecule has 1 aromatic rings. The predicted molar refractivity (Wildman–Crippen MR) is 87.3 cm³/mol. The van der Waals surface area contributed by atoms with Crippen LogP contribution in [0.2, 0.25) is 0 Å². The van der Waals surface area contributed by atoms with E-state index in [2.05, 4.69) is 48.5 Å². The molecule has 3 unspecified atom stereocenters. The van der Waals surface area contributed by atoms with Crippen LogP contribution in [0.4, 0.5) is 0 Å². The molecule has 1 fully saturated rings. The second kappa shape index (κ2) is 7.01. The van der Waals surface area contributed by atoms with E-state index < -0.39 is 0 Å². The highest BCUT2D eigenvalue weighted by atomic mass is 32.1. The van der Waals surface area contributed by atoms with Crippen LogP contribution in [0.3, 0.4) is 0 Å². The van der Waals surface area contributed by atoms with Gasteiger partial charge in [0.1, 0.15) is 0 Å². The van der Waals surface area contributed by atoms with Gasteiger partial charge in [-0.25, -0.2) is 4.98 Å². The van der Waals surface area contributed by atoms with Crippen molar-refractivity contribution in [3.05, 3.63) is 16.6 Å². The number of hydrogen-bond acceptors (Lipinski definition) is 4. The fraction of sp³-hybridized carbons (Fsp3) is 0.812. The van der Waals surface area contributed by atoms with Gasteiger partial charge in [-0.2, -0.15) is 0 Å². The van der Waals surface area contributed by atoms with Crippen LogP contribution in [-0.2, 0) is 6.42 Å². The summed E-state index contributed by atoms with van der Waals surface area (Å²) < 4.78 is 0. The standard InChI is InChI=1S/C16H29N3S/c1-5-17-14(11-15-18-9-10-20-15)16(19(3)4)8-6-7-13(2)12-16/h9-10,13-14,17H,5-8,11-12H2,1-4H3. The average molecular weight is 295 g/mol. The summed E-state index contributed by atoms with van der Waals surface area (Å²) in [6, 6.07) is 0.497. The third-order valence-corrected chi connectivity index (χ3v) is 5.66. The molecule has 0 aromatic carbocycles. The van der Waals surface area contributed by atoms with E-state index in [0.717, 1.165) is 18.9 Å². The fourth-order valence-corrected chi connectivity index (χ4v) is 4.49. The number of nitrogens with one attached hydrogen (secondary N) is 1. The highest BCUT2D eigenvalue weighted by Crippen LogP contribution is 2.39. The highest BCUT2D eigenvalue weighted by Gasteiger charge is 2.43. The van der Waals surface area contributed by atoms with Crippen LogP contribution in [0.25, 0.3) is 0 Å². The molecule has 0 spiro atoms. The van der Waals surface area contributed by atoms with Crippen LogP contribution in [0, 0.1) is 5.92 Å². The Morgan fingerprint density at radius 1 is 1.55 bits per heavy atom. The summed E-state index contributed by atoms with van der Waals surface area (Å²) >= 11 is 1.78. The van der Waals surface area contributed by atoms with Gasteiger partial charge in [0.15, 0.2) is 0 Å². The highest BCUT2D eigenvalue weighted by molar-refractivity contribution is 7.09. The van der Waals surface area contributed by atoms with Crippen molar-refractivity contribution >= 4 is 11.3 Å². The maximum absolute atomic E-state index is 4.50. The Labute approximate surface area is 127 Å². The molecule has 1 aliphatic carbocycles. The van der Waals surface area contributed by atoms with Crippen LogP contribution < -0.4 is 5.32 Å². The van der Waals surface area contributed by atoms with Gasteiger partial charge < -0.3 is 10.2 Å². The summed E-state index contributed by atoms with van der Waals surface area (Å²) in [5.74, 6) is 0.823. The van der Waals surface area contributed by atoms with Crippen molar-refractivity contribution in [3.8, 4) is 0 Å². The summed E-state index contributed by atoms with van der Waals surface area (Å²) in [5.41, 5.74) is 0.277. The third-order valence-electron chi connectivity index (χ3n) is 4.86. The van der Waals surface area contributed by atoms with Crippen molar-refractivity contribution in [2.75, 3.05) is 20.6 Å². The van der Waals surface area contributed by atoms with E-state index in [9.17, 15) is 0 Å². The van der Waals surface area contributed by atoms with Crippen molar-refractivity contribution in [1.82, 2.24) is 15.2 Å². The van der Waals surface area contributed by atoms with Gasteiger partial charge in [-0.1, -0.05) is 26.7 Å². The van der Waals surface area contributed by atoms with E-state index >= 15 is 0 Å². The van der Waals surface area contributed by atoms with Gasteiger partial charge in [0.05, 0.1) is 5.01 Å². The molecule has 0 amide bonds. The Morgan fingerprint density at radius 2 is 2.35 bits per heavy atom. The van der Waals surface area contributed by atoms with Crippen molar-refractivity contribution in [2.24, 2.45) is 5.92 Å². The second-order valence-electron chi connectivity index (χ2n) is 6.44. The number of nitrogens with zero attached hydrogens (tertiary/aromatic N) is 2. The lowest BCUT2D eigenvalue weighted by molar-refractivity contribution is 0.0378. The summed E-state index contributed by atoms with van der Waals surface area (Å²) in [7, 11) is 4.51. The zero-order valence-corrected chi connectivity index (χ0v) is 14.2. The third kappa shape index (κ3) is 3.41. The molecule has 1 saturated carbocycles. The molecular weight excluding hydrogens is 266 g/mol. The lowest BCUT2D eigenvalue weighted by Crippen LogP contribution is -2.61. The molecule has 20 heavy (non-hydrogen) atoms. The first kappa shape index (κ1) is 15.9. The largest absolute Gasteiger partial charge is 0.312 e. The smallest absolute Gasteiger partial charge is 0.0941 e. The van der Waals surface area contributed by atoms with Crippen molar-refractivity contribution in [3.63, 3.8) is 0 Å². The van der Waals surface area contributed by atoms with Crippen LogP contribution in [0.5, 0.6) is 0 Å². The first-order valence-electron chi connectivity index (χ1n) is 7.87. The Hall–Kier alpha value is -0.450. The van der Waals surface area contributed by atoms with E-state index in [1.54, 1.807) is 11.3 Å². The van der Waals surface area contributed by atoms with Crippen LogP contribution >= 0.6 is 11.3 Å². The lowest BCUT2D eigenvalue weighted by Gasteiger charge is -2.50. The Bertz CT molecular complexity index is 390. The molecule has 0 saturated heterocycles. The molecule has 3 nitrogen and oxygen atoms in total. The maximum atomic E-state index is 4.50. The van der Waals surface area contributed by atoms with E-state index in [1.165, 1.54) is 30.7 Å². The molecule has 4 heteroatoms. The molecule has 1 N–H and O–H groups in total. The van der Waals surface area contributed by atoms with E-state index in [-0.39, 0.29) is 5.54 Å². The van der Waals surface area contributed by atoms with Crippen molar-refractivity contribution < 1.29 is 0 Å². The van der Waals surface area contributed by atoms with E-state index in [1.807, 2.05) is 6.20 Å². The zero-order chi connectivity index (χ0) is 14.6. The molecule has 0 bridgehead atoms. The van der Waals surface area contributed by atoms with Gasteiger partial charge >= 0.3 is 0 Å². The number of likely N-dealkylation sites (N-methyl/N-ethyl adjacent to an activating group) is 2. The monoisotopic (exact) mass is 295 g/mol. The second-order valence-corrected chi connectivity index (χ2v) is 7.42. The van der Waals surface area contributed by atoms with Gasteiger partial charge in [0.25, 0.3) is 0 Å². The number of thiazole rings is 1.